The molecule has 8 heteroatoms. The van der Waals surface area contributed by atoms with Crippen LogP contribution >= 0.6 is 11.8 Å². The number of aromatic nitrogens is 3. The maximum absolute atomic E-state index is 7.82. The molecule has 7 nitrogen and oxygen atoms in total. The van der Waals surface area contributed by atoms with Crippen molar-refractivity contribution in [1.82, 2.24) is 14.5 Å². The Morgan fingerprint density at radius 3 is 1.75 bits per heavy atom. The van der Waals surface area contributed by atoms with E-state index in [4.69, 9.17) is 27.8 Å². The molecule has 264 valence electrons. The number of fused-ring (bicyclic) bond motifs is 14. The molecule has 0 radical (unpaired) electrons. The van der Waals surface area contributed by atoms with Gasteiger partial charge in [0, 0.05) is 33.4 Å². The van der Waals surface area contributed by atoms with E-state index in [0.29, 0.717) is 11.4 Å². The predicted molar refractivity (Wildman–Crippen MR) is 225 cm³/mol. The van der Waals surface area contributed by atoms with E-state index in [-0.39, 0.29) is 0 Å². The zero-order valence-electron chi connectivity index (χ0n) is 30.0. The van der Waals surface area contributed by atoms with Gasteiger partial charge < -0.3 is 14.2 Å². The van der Waals surface area contributed by atoms with Crippen molar-refractivity contribution in [2.75, 3.05) is 4.90 Å². The van der Waals surface area contributed by atoms with E-state index >= 15 is 0 Å². The second-order valence-corrected chi connectivity index (χ2v) is 15.4. The Morgan fingerprint density at radius 2 is 1.14 bits per heavy atom. The van der Waals surface area contributed by atoms with Crippen LogP contribution in [0.4, 0.5) is 28.4 Å². The lowest BCUT2D eigenvalue weighted by Crippen LogP contribution is -2.33. The summed E-state index contributed by atoms with van der Waals surface area (Å²) >= 11 is 1.78. The van der Waals surface area contributed by atoms with Crippen molar-refractivity contribution in [3.63, 3.8) is 0 Å². The van der Waals surface area contributed by atoms with E-state index in [2.05, 4.69) is 92.0 Å². The van der Waals surface area contributed by atoms with Gasteiger partial charge in [0.05, 0.1) is 58.0 Å². The molecule has 57 heavy (non-hydrogen) atoms. The summed E-state index contributed by atoms with van der Waals surface area (Å²) in [4.78, 5) is 22.1. The van der Waals surface area contributed by atoms with Gasteiger partial charge >= 0.3 is 0 Å². The third-order valence-corrected chi connectivity index (χ3v) is 12.7. The summed E-state index contributed by atoms with van der Waals surface area (Å²) in [7, 11) is 0. The quantitative estimate of drug-likeness (QED) is 0.165. The molecule has 5 heterocycles. The first-order valence-electron chi connectivity index (χ1n) is 18.5. The van der Waals surface area contributed by atoms with Crippen LogP contribution in [0.3, 0.4) is 0 Å². The molecule has 0 bridgehead atoms. The van der Waals surface area contributed by atoms with Gasteiger partial charge in [0.25, 0.3) is 0 Å². The lowest BCUT2D eigenvalue weighted by molar-refractivity contribution is 0.477. The van der Waals surface area contributed by atoms with Gasteiger partial charge in [0.2, 0.25) is 0 Å². The van der Waals surface area contributed by atoms with Gasteiger partial charge in [-0.25, -0.2) is 9.69 Å². The van der Waals surface area contributed by atoms with Crippen molar-refractivity contribution in [2.24, 2.45) is 0 Å². The van der Waals surface area contributed by atoms with Crippen LogP contribution in [0.2, 0.25) is 0 Å². The van der Waals surface area contributed by atoms with Crippen molar-refractivity contribution in [2.45, 2.75) is 15.2 Å². The van der Waals surface area contributed by atoms with Gasteiger partial charge in [-0.1, -0.05) is 72.4 Å². The van der Waals surface area contributed by atoms with Crippen molar-refractivity contribution in [3.05, 3.63) is 203 Å². The maximum Gasteiger partial charge on any atom is 0.188 e. The Balaban J connectivity index is 1.18. The Bertz CT molecular complexity index is 3150. The van der Waals surface area contributed by atoms with E-state index in [1.54, 1.807) is 11.8 Å². The van der Waals surface area contributed by atoms with Crippen LogP contribution in [0.25, 0.3) is 48.6 Å². The molecule has 1 spiro atoms. The maximum atomic E-state index is 7.82. The van der Waals surface area contributed by atoms with Gasteiger partial charge in [-0.3, -0.25) is 9.97 Å². The van der Waals surface area contributed by atoms with Gasteiger partial charge in [-0.2, -0.15) is 0 Å². The van der Waals surface area contributed by atoms with Crippen LogP contribution < -0.4 is 9.64 Å². The predicted octanol–water partition coefficient (Wildman–Crippen LogP) is 13.1. The molecular formula is C49H26N6OS. The number of rotatable bonds is 2. The topological polar surface area (TPSA) is 51.9 Å². The van der Waals surface area contributed by atoms with Crippen LogP contribution in [-0.2, 0) is 5.41 Å². The van der Waals surface area contributed by atoms with Gasteiger partial charge in [0.15, 0.2) is 22.9 Å². The van der Waals surface area contributed by atoms with E-state index in [1.807, 2.05) is 85.2 Å². The van der Waals surface area contributed by atoms with E-state index < -0.39 is 5.41 Å². The number of ether oxygens (including phenoxy) is 1. The number of para-hydroxylation sites is 4. The molecular weight excluding hydrogens is 721 g/mol. The highest BCUT2D eigenvalue weighted by atomic mass is 32.2. The third-order valence-electron chi connectivity index (χ3n) is 11.5. The molecule has 0 amide bonds. The minimum absolute atomic E-state index is 0.558. The molecule has 6 aromatic carbocycles. The lowest BCUT2D eigenvalue weighted by atomic mass is 9.67. The lowest BCUT2D eigenvalue weighted by Gasteiger charge is -2.41. The highest BCUT2D eigenvalue weighted by molar-refractivity contribution is 7.99. The molecule has 3 aromatic heterocycles. The fourth-order valence-corrected chi connectivity index (χ4v) is 10.6. The SMILES string of the molecule is [C-]#[N+]c1ccc2c(c1)c1cc([N+]#[C-])ccc1n2-c1cccc2c1C1(c3ccc(N4c5ccccc5Oc5ccccc54)cc3S2)c2cccnc2-c2ncccc21. The largest absolute Gasteiger partial charge is 0.453 e. The van der Waals surface area contributed by atoms with Crippen molar-refractivity contribution >= 4 is 62.0 Å². The summed E-state index contributed by atoms with van der Waals surface area (Å²) in [6.07, 6.45) is 3.71. The van der Waals surface area contributed by atoms with Gasteiger partial charge in [-0.15, -0.1) is 0 Å². The molecule has 0 saturated carbocycles. The van der Waals surface area contributed by atoms with Crippen LogP contribution in [0, 0.1) is 13.1 Å². The molecule has 1 aliphatic carbocycles. The van der Waals surface area contributed by atoms with Crippen molar-refractivity contribution in [1.29, 1.82) is 0 Å². The van der Waals surface area contributed by atoms with E-state index in [0.717, 1.165) is 99.5 Å². The Morgan fingerprint density at radius 1 is 0.544 bits per heavy atom. The van der Waals surface area contributed by atoms with Crippen LogP contribution in [0.5, 0.6) is 11.5 Å². The van der Waals surface area contributed by atoms with Crippen LogP contribution in [0.15, 0.2) is 168 Å². The summed E-state index contributed by atoms with van der Waals surface area (Å²) in [5, 5.41) is 1.87. The molecule has 9 aromatic rings. The second-order valence-electron chi connectivity index (χ2n) is 14.3. The average Bonchev–Trinajstić information content (AvgIpc) is 3.74. The molecule has 0 saturated heterocycles. The molecule has 3 aliphatic rings. The summed E-state index contributed by atoms with van der Waals surface area (Å²) in [6, 6.07) is 50.0. The number of hydrogen-bond acceptors (Lipinski definition) is 5. The zero-order valence-corrected chi connectivity index (χ0v) is 30.8. The van der Waals surface area contributed by atoms with Crippen molar-refractivity contribution < 1.29 is 4.74 Å². The minimum atomic E-state index is -0.783. The number of anilines is 3. The standard InChI is InChI=1S/C49H26N6OS/c1-50-29-18-22-37-32(26-29)33-27-30(51-2)19-23-38(33)55(37)41-14-7-17-44-46(41)49(35-10-8-24-52-47(35)48-36(49)11-9-25-53-48)34-21-20-31(28-45(34)57-44)54-39-12-3-5-15-42(39)56-43-16-6-4-13-40(43)54/h3-28H. The third kappa shape index (κ3) is 4.20. The minimum Gasteiger partial charge on any atom is -0.453 e. The summed E-state index contributed by atoms with van der Waals surface area (Å²) < 4.78 is 8.70. The highest BCUT2D eigenvalue weighted by Crippen LogP contribution is 2.63. The fraction of sp³-hybridized carbons (Fsp3) is 0.0204. The summed E-state index contributed by atoms with van der Waals surface area (Å²) in [6.45, 7) is 15.6. The normalized spacial score (nSPS) is 13.8. The Hall–Kier alpha value is -7.65. The number of benzene rings is 6. The Kier molecular flexibility index (Phi) is 6.49. The van der Waals surface area contributed by atoms with Crippen LogP contribution in [-0.4, -0.2) is 14.5 Å². The molecule has 0 fully saturated rings. The highest BCUT2D eigenvalue weighted by Gasteiger charge is 2.53. The van der Waals surface area contributed by atoms with Crippen LogP contribution in [0.1, 0.15) is 22.3 Å². The summed E-state index contributed by atoms with van der Waals surface area (Å²) in [5.41, 5.74) is 12.5. The van der Waals surface area contributed by atoms with E-state index in [1.165, 1.54) is 0 Å². The number of nitrogens with zero attached hydrogens (tertiary/aromatic N) is 6. The Labute approximate surface area is 331 Å². The first kappa shape index (κ1) is 31.7. The second kappa shape index (κ2) is 11.7. The zero-order chi connectivity index (χ0) is 37.8. The summed E-state index contributed by atoms with van der Waals surface area (Å²) in [5.74, 6) is 1.61. The number of pyridine rings is 2. The van der Waals surface area contributed by atoms with Gasteiger partial charge in [-0.05, 0) is 112 Å². The molecule has 0 N–H and O–H groups in total. The first-order valence-corrected chi connectivity index (χ1v) is 19.4. The molecule has 0 atom stereocenters. The van der Waals surface area contributed by atoms with Gasteiger partial charge in [0.1, 0.15) is 0 Å². The van der Waals surface area contributed by atoms with Crippen molar-refractivity contribution in [3.8, 4) is 28.6 Å². The molecule has 0 unspecified atom stereocenters. The first-order chi connectivity index (χ1) is 28.2. The average molecular weight is 747 g/mol. The van der Waals surface area contributed by atoms with E-state index in [9.17, 15) is 0 Å². The molecule has 2 aliphatic heterocycles. The molecule has 12 rings (SSSR count). The smallest absolute Gasteiger partial charge is 0.188 e. The monoisotopic (exact) mass is 746 g/mol. The number of hydrogen-bond donors (Lipinski definition) is 0. The fourth-order valence-electron chi connectivity index (χ4n) is 9.34.